The number of hydrogen-bond donors (Lipinski definition) is 0. The minimum absolute atomic E-state index is 0.101. The zero-order valence-corrected chi connectivity index (χ0v) is 11.4. The number of carbonyl (C=O) groups is 1. The first-order valence-electron chi connectivity index (χ1n) is 4.69. The lowest BCUT2D eigenvalue weighted by Gasteiger charge is -2.06. The highest BCUT2D eigenvalue weighted by Gasteiger charge is 2.22. The highest BCUT2D eigenvalue weighted by atomic mass is 79.9. The topological polar surface area (TPSA) is 89.9 Å². The van der Waals surface area contributed by atoms with Crippen molar-refractivity contribution in [2.75, 3.05) is 11.9 Å². The third-order valence-electron chi connectivity index (χ3n) is 1.85. The van der Waals surface area contributed by atoms with Crippen LogP contribution in [-0.4, -0.2) is 32.4 Å². The average Bonchev–Trinajstić information content (AvgIpc) is 2.36. The van der Waals surface area contributed by atoms with Gasteiger partial charge in [-0.2, -0.15) is 8.42 Å². The Morgan fingerprint density at radius 3 is 2.67 bits per heavy atom. The van der Waals surface area contributed by atoms with Gasteiger partial charge in [0.15, 0.2) is 0 Å². The average molecular weight is 334 g/mol. The fourth-order valence-electron chi connectivity index (χ4n) is 1.17. The number of ether oxygens (including phenoxy) is 1. The van der Waals surface area contributed by atoms with Gasteiger partial charge < -0.3 is 4.74 Å². The maximum absolute atomic E-state index is 11.6. The summed E-state index contributed by atoms with van der Waals surface area (Å²) in [6.07, 6.45) is 0.943. The Hall–Kier alpha value is -1.50. The molecule has 1 aromatic carbocycles. The molecule has 18 heavy (non-hydrogen) atoms. The number of hydrogen-bond acceptors (Lipinski definition) is 5. The predicted octanol–water partition coefficient (Wildman–Crippen LogP) is 1.26. The SMILES string of the molecule is O=C=NS(=O)(=O)c1ccccc1C(=O)OCCBr. The Labute approximate surface area is 112 Å². The predicted molar refractivity (Wildman–Crippen MR) is 65.8 cm³/mol. The number of nitrogens with zero attached hydrogens (tertiary/aromatic N) is 1. The largest absolute Gasteiger partial charge is 0.461 e. The van der Waals surface area contributed by atoms with E-state index in [1.54, 1.807) is 0 Å². The van der Waals surface area contributed by atoms with Crippen molar-refractivity contribution in [2.24, 2.45) is 4.40 Å². The van der Waals surface area contributed by atoms with Crippen LogP contribution in [0.3, 0.4) is 0 Å². The molecule has 0 saturated heterocycles. The van der Waals surface area contributed by atoms with Crippen molar-refractivity contribution in [3.8, 4) is 0 Å². The van der Waals surface area contributed by atoms with Crippen LogP contribution in [0.4, 0.5) is 0 Å². The molecule has 0 saturated carbocycles. The molecule has 0 aliphatic rings. The standard InChI is InChI=1S/C10H8BrNO5S/c11-5-6-17-10(14)8-3-1-2-4-9(8)18(15,16)12-7-13/h1-4H,5-6H2. The molecule has 1 aromatic rings. The van der Waals surface area contributed by atoms with Crippen LogP contribution in [0.25, 0.3) is 0 Å². The number of alkyl halides is 1. The van der Waals surface area contributed by atoms with Gasteiger partial charge in [-0.25, -0.2) is 9.59 Å². The molecule has 0 aliphatic heterocycles. The summed E-state index contributed by atoms with van der Waals surface area (Å²) in [7, 11) is -4.22. The van der Waals surface area contributed by atoms with Crippen LogP contribution in [0.5, 0.6) is 0 Å². The molecule has 0 spiro atoms. The Kier molecular flexibility index (Phi) is 5.21. The lowest BCUT2D eigenvalue weighted by molar-refractivity contribution is 0.0527. The van der Waals surface area contributed by atoms with Crippen molar-refractivity contribution < 1.29 is 22.7 Å². The van der Waals surface area contributed by atoms with Crippen LogP contribution in [0.15, 0.2) is 33.6 Å². The molecule has 0 aliphatic carbocycles. The summed E-state index contributed by atoms with van der Waals surface area (Å²) >= 11 is 3.07. The van der Waals surface area contributed by atoms with E-state index in [4.69, 9.17) is 4.74 Å². The van der Waals surface area contributed by atoms with Gasteiger partial charge in [-0.15, -0.1) is 0 Å². The highest BCUT2D eigenvalue weighted by molar-refractivity contribution is 9.09. The first-order chi connectivity index (χ1) is 8.53. The van der Waals surface area contributed by atoms with E-state index in [9.17, 15) is 18.0 Å². The van der Waals surface area contributed by atoms with Crippen molar-refractivity contribution in [3.05, 3.63) is 29.8 Å². The molecule has 0 radical (unpaired) electrons. The molecule has 0 aromatic heterocycles. The van der Waals surface area contributed by atoms with E-state index in [1.807, 2.05) is 0 Å². The number of esters is 1. The number of carbonyl (C=O) groups excluding carboxylic acids is 2. The molecule has 96 valence electrons. The molecular formula is C10H8BrNO5S. The van der Waals surface area contributed by atoms with Gasteiger partial charge in [0.1, 0.15) is 11.5 Å². The fraction of sp³-hybridized carbons (Fsp3) is 0.200. The monoisotopic (exact) mass is 333 g/mol. The van der Waals surface area contributed by atoms with Crippen molar-refractivity contribution in [2.45, 2.75) is 4.90 Å². The second kappa shape index (κ2) is 6.44. The second-order valence-electron chi connectivity index (χ2n) is 2.98. The lowest BCUT2D eigenvalue weighted by Crippen LogP contribution is -2.12. The number of isocyanates is 1. The van der Waals surface area contributed by atoms with Gasteiger partial charge in [0, 0.05) is 5.33 Å². The van der Waals surface area contributed by atoms with E-state index in [2.05, 4.69) is 20.3 Å². The summed E-state index contributed by atoms with van der Waals surface area (Å²) in [4.78, 5) is 21.3. The van der Waals surface area contributed by atoms with Crippen molar-refractivity contribution in [3.63, 3.8) is 0 Å². The van der Waals surface area contributed by atoms with Crippen LogP contribution >= 0.6 is 15.9 Å². The van der Waals surface area contributed by atoms with Crippen molar-refractivity contribution >= 4 is 38.0 Å². The number of halogens is 1. The van der Waals surface area contributed by atoms with Gasteiger partial charge in [-0.3, -0.25) is 0 Å². The summed E-state index contributed by atoms with van der Waals surface area (Å²) in [5.74, 6) is -0.797. The van der Waals surface area contributed by atoms with Crippen molar-refractivity contribution in [1.29, 1.82) is 0 Å². The van der Waals surface area contributed by atoms with Crippen LogP contribution in [0.1, 0.15) is 10.4 Å². The first-order valence-corrected chi connectivity index (χ1v) is 7.25. The number of benzene rings is 1. The van der Waals surface area contributed by atoms with E-state index in [-0.39, 0.29) is 17.1 Å². The molecule has 8 heteroatoms. The normalized spacial score (nSPS) is 10.5. The van der Waals surface area contributed by atoms with E-state index in [0.717, 1.165) is 6.08 Å². The minimum Gasteiger partial charge on any atom is -0.461 e. The summed E-state index contributed by atoms with van der Waals surface area (Å²) in [5.41, 5.74) is -0.169. The Morgan fingerprint density at radius 2 is 2.06 bits per heavy atom. The van der Waals surface area contributed by atoms with Gasteiger partial charge in [-0.1, -0.05) is 32.5 Å². The van der Waals surface area contributed by atoms with Crippen LogP contribution < -0.4 is 0 Å². The smallest absolute Gasteiger partial charge is 0.339 e. The number of rotatable bonds is 5. The maximum Gasteiger partial charge on any atom is 0.339 e. The molecule has 0 unspecified atom stereocenters. The van der Waals surface area contributed by atoms with E-state index >= 15 is 0 Å². The van der Waals surface area contributed by atoms with Gasteiger partial charge >= 0.3 is 5.97 Å². The van der Waals surface area contributed by atoms with Gasteiger partial charge in [0.05, 0.1) is 5.56 Å². The van der Waals surface area contributed by atoms with Gasteiger partial charge in [-0.05, 0) is 12.1 Å². The zero-order valence-electron chi connectivity index (χ0n) is 9.00. The van der Waals surface area contributed by atoms with E-state index in [1.165, 1.54) is 24.3 Å². The molecule has 0 atom stereocenters. The second-order valence-corrected chi connectivity index (χ2v) is 5.34. The van der Waals surface area contributed by atoms with Crippen LogP contribution in [-0.2, 0) is 19.6 Å². The summed E-state index contributed by atoms with van der Waals surface area (Å²) in [5, 5.41) is 0.431. The molecular weight excluding hydrogens is 326 g/mol. The zero-order chi connectivity index (χ0) is 13.6. The van der Waals surface area contributed by atoms with E-state index < -0.39 is 16.0 Å². The summed E-state index contributed by atoms with van der Waals surface area (Å²) in [6, 6.07) is 5.34. The molecule has 0 fully saturated rings. The molecule has 1 rings (SSSR count). The number of sulfonamides is 1. The quantitative estimate of drug-likeness (QED) is 0.350. The maximum atomic E-state index is 11.6. The fourth-order valence-corrected chi connectivity index (χ4v) is 2.21. The molecule has 0 N–H and O–H groups in total. The van der Waals surface area contributed by atoms with Crippen LogP contribution in [0, 0.1) is 0 Å². The van der Waals surface area contributed by atoms with Crippen LogP contribution in [0.2, 0.25) is 0 Å². The summed E-state index contributed by atoms with van der Waals surface area (Å²) < 4.78 is 30.7. The lowest BCUT2D eigenvalue weighted by atomic mass is 10.2. The Bertz CT molecular complexity index is 592. The third-order valence-corrected chi connectivity index (χ3v) is 3.40. The summed E-state index contributed by atoms with van der Waals surface area (Å²) in [6.45, 7) is 0.101. The van der Waals surface area contributed by atoms with Crippen molar-refractivity contribution in [1.82, 2.24) is 0 Å². The minimum atomic E-state index is -4.22. The first kappa shape index (κ1) is 14.6. The molecule has 0 bridgehead atoms. The van der Waals surface area contributed by atoms with Gasteiger partial charge in [0.2, 0.25) is 0 Å². The Balaban J connectivity index is 3.23. The molecule has 0 heterocycles. The highest BCUT2D eigenvalue weighted by Crippen LogP contribution is 2.18. The molecule has 6 nitrogen and oxygen atoms in total. The molecule has 0 amide bonds. The third kappa shape index (κ3) is 3.49. The van der Waals surface area contributed by atoms with Gasteiger partial charge in [0.25, 0.3) is 16.1 Å². The van der Waals surface area contributed by atoms with E-state index in [0.29, 0.717) is 5.33 Å². The Morgan fingerprint density at radius 1 is 1.39 bits per heavy atom.